The van der Waals surface area contributed by atoms with Gasteiger partial charge in [-0.15, -0.1) is 0 Å². The SMILES string of the molecule is Cc1cc(OCC(=O)O)c(C)c(C)c1S(=O)(=O)Cl. The minimum atomic E-state index is -3.83. The molecule has 0 fully saturated rings. The van der Waals surface area contributed by atoms with Gasteiger partial charge < -0.3 is 9.84 Å². The zero-order chi connectivity index (χ0) is 14.1. The highest BCUT2D eigenvalue weighted by Gasteiger charge is 2.20. The molecule has 0 aliphatic carbocycles. The lowest BCUT2D eigenvalue weighted by Gasteiger charge is -2.14. The molecule has 0 bridgehead atoms. The molecule has 0 unspecified atom stereocenters. The molecule has 18 heavy (non-hydrogen) atoms. The standard InChI is InChI=1S/C11H13ClO5S/c1-6-4-9(17-5-10(13)14)7(2)8(3)11(6)18(12,15)16/h4H,5H2,1-3H3,(H,13,14). The van der Waals surface area contributed by atoms with E-state index in [1.54, 1.807) is 20.8 Å². The molecular formula is C11H13ClO5S. The maximum Gasteiger partial charge on any atom is 0.341 e. The van der Waals surface area contributed by atoms with Crippen LogP contribution in [0.4, 0.5) is 0 Å². The van der Waals surface area contributed by atoms with Gasteiger partial charge in [-0.05, 0) is 43.5 Å². The lowest BCUT2D eigenvalue weighted by Crippen LogP contribution is -2.11. The molecular weight excluding hydrogens is 280 g/mol. The van der Waals surface area contributed by atoms with Crippen LogP contribution in [-0.2, 0) is 13.8 Å². The molecule has 1 aromatic rings. The number of hydrogen-bond acceptors (Lipinski definition) is 4. The Kier molecular flexibility index (Phi) is 4.24. The summed E-state index contributed by atoms with van der Waals surface area (Å²) in [5.74, 6) is -0.754. The molecule has 5 nitrogen and oxygen atoms in total. The van der Waals surface area contributed by atoms with Crippen molar-refractivity contribution in [1.29, 1.82) is 0 Å². The van der Waals surface area contributed by atoms with Gasteiger partial charge in [-0.2, -0.15) is 0 Å². The summed E-state index contributed by atoms with van der Waals surface area (Å²) in [5, 5.41) is 8.55. The molecule has 0 aromatic heterocycles. The first kappa shape index (κ1) is 14.8. The van der Waals surface area contributed by atoms with Crippen LogP contribution in [0, 0.1) is 20.8 Å². The van der Waals surface area contributed by atoms with E-state index in [0.717, 1.165) is 0 Å². The van der Waals surface area contributed by atoms with E-state index < -0.39 is 21.6 Å². The number of halogens is 1. The summed E-state index contributed by atoms with van der Waals surface area (Å²) < 4.78 is 28.0. The van der Waals surface area contributed by atoms with Crippen LogP contribution in [0.15, 0.2) is 11.0 Å². The number of rotatable bonds is 4. The number of carbonyl (C=O) groups is 1. The van der Waals surface area contributed by atoms with Crippen LogP contribution in [-0.4, -0.2) is 26.1 Å². The highest BCUT2D eigenvalue weighted by Crippen LogP contribution is 2.32. The van der Waals surface area contributed by atoms with Gasteiger partial charge in [-0.25, -0.2) is 13.2 Å². The Bertz CT molecular complexity index is 592. The Morgan fingerprint density at radius 2 is 1.89 bits per heavy atom. The maximum absolute atomic E-state index is 11.4. The zero-order valence-corrected chi connectivity index (χ0v) is 11.7. The number of hydrogen-bond donors (Lipinski definition) is 1. The van der Waals surface area contributed by atoms with E-state index in [1.165, 1.54) is 6.07 Å². The van der Waals surface area contributed by atoms with Crippen LogP contribution in [0.5, 0.6) is 5.75 Å². The van der Waals surface area contributed by atoms with Gasteiger partial charge in [0, 0.05) is 10.7 Å². The Hall–Kier alpha value is -1.27. The third kappa shape index (κ3) is 3.14. The van der Waals surface area contributed by atoms with Gasteiger partial charge in [-0.3, -0.25) is 0 Å². The molecule has 0 amide bonds. The first-order valence-electron chi connectivity index (χ1n) is 5.04. The quantitative estimate of drug-likeness (QED) is 0.859. The molecule has 0 radical (unpaired) electrons. The van der Waals surface area contributed by atoms with E-state index in [2.05, 4.69) is 0 Å². The predicted octanol–water partition coefficient (Wildman–Crippen LogP) is 2.00. The van der Waals surface area contributed by atoms with E-state index >= 15 is 0 Å². The van der Waals surface area contributed by atoms with Crippen molar-refractivity contribution in [3.05, 3.63) is 22.8 Å². The molecule has 0 heterocycles. The van der Waals surface area contributed by atoms with Gasteiger partial charge in [0.15, 0.2) is 6.61 Å². The van der Waals surface area contributed by atoms with E-state index in [9.17, 15) is 13.2 Å². The van der Waals surface area contributed by atoms with Gasteiger partial charge in [0.2, 0.25) is 0 Å². The summed E-state index contributed by atoms with van der Waals surface area (Å²) in [6.07, 6.45) is 0. The van der Waals surface area contributed by atoms with E-state index in [-0.39, 0.29) is 4.90 Å². The molecule has 0 saturated carbocycles. The van der Waals surface area contributed by atoms with E-state index in [1.807, 2.05) is 0 Å². The number of benzene rings is 1. The average Bonchev–Trinajstić information content (AvgIpc) is 2.19. The van der Waals surface area contributed by atoms with Crippen molar-refractivity contribution >= 4 is 25.7 Å². The van der Waals surface area contributed by atoms with Crippen molar-refractivity contribution in [2.24, 2.45) is 0 Å². The van der Waals surface area contributed by atoms with Gasteiger partial charge >= 0.3 is 5.97 Å². The van der Waals surface area contributed by atoms with Crippen LogP contribution >= 0.6 is 10.7 Å². The fourth-order valence-electron chi connectivity index (χ4n) is 1.69. The van der Waals surface area contributed by atoms with Crippen LogP contribution in [0.25, 0.3) is 0 Å². The molecule has 1 aromatic carbocycles. The van der Waals surface area contributed by atoms with Crippen LogP contribution < -0.4 is 4.74 Å². The topological polar surface area (TPSA) is 80.7 Å². The second-order valence-electron chi connectivity index (χ2n) is 3.89. The second-order valence-corrected chi connectivity index (χ2v) is 6.39. The summed E-state index contributed by atoms with van der Waals surface area (Å²) in [5.41, 5.74) is 1.44. The molecule has 1 rings (SSSR count). The number of aryl methyl sites for hydroxylation is 1. The first-order valence-corrected chi connectivity index (χ1v) is 7.35. The minimum Gasteiger partial charge on any atom is -0.482 e. The van der Waals surface area contributed by atoms with Crippen molar-refractivity contribution in [3.63, 3.8) is 0 Å². The lowest BCUT2D eigenvalue weighted by molar-refractivity contribution is -0.139. The molecule has 0 atom stereocenters. The number of carboxylic acid groups (broad SMARTS) is 1. The van der Waals surface area contributed by atoms with Crippen molar-refractivity contribution in [1.82, 2.24) is 0 Å². The Morgan fingerprint density at radius 3 is 2.33 bits per heavy atom. The summed E-state index contributed by atoms with van der Waals surface area (Å²) in [6.45, 7) is 4.35. The van der Waals surface area contributed by atoms with Crippen molar-refractivity contribution < 1.29 is 23.1 Å². The highest BCUT2D eigenvalue weighted by molar-refractivity contribution is 8.13. The Balaban J connectivity index is 3.33. The summed E-state index contributed by atoms with van der Waals surface area (Å²) in [4.78, 5) is 10.5. The average molecular weight is 293 g/mol. The van der Waals surface area contributed by atoms with Crippen molar-refractivity contribution in [3.8, 4) is 5.75 Å². The molecule has 100 valence electrons. The highest BCUT2D eigenvalue weighted by atomic mass is 35.7. The van der Waals surface area contributed by atoms with Crippen LogP contribution in [0.3, 0.4) is 0 Å². The number of ether oxygens (including phenoxy) is 1. The fraction of sp³-hybridized carbons (Fsp3) is 0.364. The van der Waals surface area contributed by atoms with Crippen molar-refractivity contribution in [2.75, 3.05) is 6.61 Å². The zero-order valence-electron chi connectivity index (χ0n) is 10.2. The molecule has 0 saturated heterocycles. The van der Waals surface area contributed by atoms with Crippen LogP contribution in [0.2, 0.25) is 0 Å². The fourth-order valence-corrected chi connectivity index (χ4v) is 3.36. The summed E-state index contributed by atoms with van der Waals surface area (Å²) in [6, 6.07) is 1.47. The predicted molar refractivity (Wildman–Crippen MR) is 66.8 cm³/mol. The molecule has 0 aliphatic heterocycles. The second kappa shape index (κ2) is 5.16. The molecule has 7 heteroatoms. The van der Waals surface area contributed by atoms with Gasteiger partial charge in [-0.1, -0.05) is 0 Å². The van der Waals surface area contributed by atoms with Gasteiger partial charge in [0.1, 0.15) is 5.75 Å². The molecule has 0 aliphatic rings. The summed E-state index contributed by atoms with van der Waals surface area (Å²) >= 11 is 0. The Labute approximate surface area is 110 Å². The molecule has 1 N–H and O–H groups in total. The number of aliphatic carboxylic acids is 1. The van der Waals surface area contributed by atoms with Crippen LogP contribution in [0.1, 0.15) is 16.7 Å². The van der Waals surface area contributed by atoms with E-state index in [4.69, 9.17) is 20.5 Å². The third-order valence-corrected chi connectivity index (χ3v) is 4.15. The van der Waals surface area contributed by atoms with Gasteiger partial charge in [0.25, 0.3) is 9.05 Å². The van der Waals surface area contributed by atoms with Crippen molar-refractivity contribution in [2.45, 2.75) is 25.7 Å². The maximum atomic E-state index is 11.4. The largest absolute Gasteiger partial charge is 0.482 e. The first-order chi connectivity index (χ1) is 8.14. The third-order valence-electron chi connectivity index (χ3n) is 2.57. The number of carboxylic acids is 1. The molecule has 0 spiro atoms. The minimum absolute atomic E-state index is 0.0457. The summed E-state index contributed by atoms with van der Waals surface area (Å²) in [7, 11) is 1.52. The monoisotopic (exact) mass is 292 g/mol. The Morgan fingerprint density at radius 1 is 1.33 bits per heavy atom. The smallest absolute Gasteiger partial charge is 0.341 e. The normalized spacial score (nSPS) is 11.3. The lowest BCUT2D eigenvalue weighted by atomic mass is 10.1. The van der Waals surface area contributed by atoms with Gasteiger partial charge in [0.05, 0.1) is 4.90 Å². The van der Waals surface area contributed by atoms with E-state index in [0.29, 0.717) is 22.4 Å².